The van der Waals surface area contributed by atoms with Gasteiger partial charge >= 0.3 is 0 Å². The second-order valence-electron chi connectivity index (χ2n) is 4.62. The van der Waals surface area contributed by atoms with Gasteiger partial charge in [0.25, 0.3) is 11.5 Å². The number of benzene rings is 2. The van der Waals surface area contributed by atoms with E-state index in [9.17, 15) is 10.0 Å². The molecule has 0 bridgehead atoms. The molecule has 100 valence electrons. The van der Waals surface area contributed by atoms with Gasteiger partial charge in [0, 0.05) is 6.07 Å². The van der Waals surface area contributed by atoms with Crippen molar-refractivity contribution in [3.8, 4) is 0 Å². The quantitative estimate of drug-likeness (QED) is 0.587. The van der Waals surface area contributed by atoms with Crippen molar-refractivity contribution < 1.29 is 9.53 Å². The number of carbonyl (C=O) groups is 1. The van der Waals surface area contributed by atoms with Crippen LogP contribution >= 0.6 is 23.2 Å². The third-order valence-corrected chi connectivity index (χ3v) is 3.97. The summed E-state index contributed by atoms with van der Waals surface area (Å²) in [4.78, 5) is 12.4. The van der Waals surface area contributed by atoms with Gasteiger partial charge in [0.05, 0.1) is 15.6 Å². The predicted octanol–water partition coefficient (Wildman–Crippen LogP) is 4.13. The summed E-state index contributed by atoms with van der Waals surface area (Å²) in [6.45, 7) is 1.94. The first-order valence-corrected chi connectivity index (χ1v) is 6.69. The Kier molecular flexibility index (Phi) is 3.04. The van der Waals surface area contributed by atoms with Crippen molar-refractivity contribution in [2.45, 2.75) is 6.92 Å². The molecule has 0 fully saturated rings. The molecule has 1 aliphatic rings. The van der Waals surface area contributed by atoms with Gasteiger partial charge in [0.15, 0.2) is 0 Å². The number of hydrogen-bond acceptors (Lipinski definition) is 2. The van der Waals surface area contributed by atoms with E-state index < -0.39 is 0 Å². The molecule has 0 aliphatic carbocycles. The van der Waals surface area contributed by atoms with Crippen molar-refractivity contribution in [3.63, 3.8) is 0 Å². The van der Waals surface area contributed by atoms with Crippen LogP contribution in [0.4, 0.5) is 5.69 Å². The fourth-order valence-corrected chi connectivity index (χ4v) is 2.51. The summed E-state index contributed by atoms with van der Waals surface area (Å²) in [6.07, 6.45) is 0. The lowest BCUT2D eigenvalue weighted by molar-refractivity contribution is -0.355. The fraction of sp³-hybridized carbons (Fsp3) is 0.0667. The average molecular weight is 306 g/mol. The highest BCUT2D eigenvalue weighted by atomic mass is 35.5. The van der Waals surface area contributed by atoms with Crippen LogP contribution < -0.4 is 0 Å². The van der Waals surface area contributed by atoms with E-state index in [1.54, 1.807) is 12.1 Å². The first-order valence-electron chi connectivity index (χ1n) is 5.94. The summed E-state index contributed by atoms with van der Waals surface area (Å²) in [7, 11) is 0. The molecule has 0 saturated heterocycles. The van der Waals surface area contributed by atoms with E-state index in [0.717, 1.165) is 5.56 Å². The van der Waals surface area contributed by atoms with Gasteiger partial charge in [-0.15, -0.1) is 0 Å². The van der Waals surface area contributed by atoms with Crippen molar-refractivity contribution in [2.24, 2.45) is 0 Å². The topological polar surface area (TPSA) is 43.1 Å². The van der Waals surface area contributed by atoms with E-state index in [2.05, 4.69) is 0 Å². The van der Waals surface area contributed by atoms with Crippen LogP contribution in [0, 0.1) is 12.1 Å². The van der Waals surface area contributed by atoms with Crippen molar-refractivity contribution in [3.05, 3.63) is 68.3 Å². The molecule has 0 atom stereocenters. The van der Waals surface area contributed by atoms with Gasteiger partial charge in [0.2, 0.25) is 5.69 Å². The standard InChI is InChI=1S/C15H9Cl2NO2/c1-8-2-4-9(5-3-8)14-15(19)10-6-11(16)12(17)7-13(10)18(14)20/h2-7H,1H3. The van der Waals surface area contributed by atoms with Crippen LogP contribution in [0.25, 0.3) is 0 Å². The first-order chi connectivity index (χ1) is 9.49. The summed E-state index contributed by atoms with van der Waals surface area (Å²) in [5.74, 6) is -0.336. The van der Waals surface area contributed by atoms with Gasteiger partial charge in [-0.05, 0) is 25.1 Å². The van der Waals surface area contributed by atoms with Crippen LogP contribution in [-0.4, -0.2) is 16.2 Å². The molecule has 3 nitrogen and oxygen atoms in total. The molecule has 1 heterocycles. The number of halogens is 2. The van der Waals surface area contributed by atoms with Gasteiger partial charge in [-0.2, -0.15) is 4.74 Å². The third-order valence-electron chi connectivity index (χ3n) is 3.25. The molecular formula is C15H9Cl2NO2. The van der Waals surface area contributed by atoms with Crippen molar-refractivity contribution in [1.29, 1.82) is 0 Å². The molecule has 3 rings (SSSR count). The van der Waals surface area contributed by atoms with E-state index in [1.807, 2.05) is 19.1 Å². The smallest absolute Gasteiger partial charge is 0.272 e. The molecule has 0 spiro atoms. The highest BCUT2D eigenvalue weighted by molar-refractivity contribution is 6.53. The Morgan fingerprint density at radius 2 is 1.65 bits per heavy atom. The second-order valence-corrected chi connectivity index (χ2v) is 5.44. The Bertz CT molecular complexity index is 764. The molecule has 2 aromatic rings. The highest BCUT2D eigenvalue weighted by Gasteiger charge is 2.37. The molecule has 0 aromatic heterocycles. The maximum Gasteiger partial charge on any atom is 0.272 e. The van der Waals surface area contributed by atoms with E-state index >= 15 is 0 Å². The van der Waals surface area contributed by atoms with Crippen LogP contribution in [0.5, 0.6) is 0 Å². The van der Waals surface area contributed by atoms with Crippen molar-refractivity contribution in [2.75, 3.05) is 0 Å². The summed E-state index contributed by atoms with van der Waals surface area (Å²) in [6, 6.07) is 10.1. The largest absolute Gasteiger partial charge is 0.618 e. The molecule has 5 heteroatoms. The maximum absolute atomic E-state index is 12.4. The summed E-state index contributed by atoms with van der Waals surface area (Å²) in [5.41, 5.74) is 2.25. The molecule has 0 radical (unpaired) electrons. The lowest BCUT2D eigenvalue weighted by Crippen LogP contribution is -2.16. The molecule has 1 aliphatic heterocycles. The molecule has 2 aromatic carbocycles. The zero-order chi connectivity index (χ0) is 14.4. The van der Waals surface area contributed by atoms with E-state index in [0.29, 0.717) is 10.3 Å². The number of aryl methyl sites for hydroxylation is 1. The molecule has 20 heavy (non-hydrogen) atoms. The Labute approximate surface area is 125 Å². The molecule has 0 saturated carbocycles. The first kappa shape index (κ1) is 13.2. The minimum atomic E-state index is -0.336. The number of carbonyl (C=O) groups excluding carboxylic acids is 1. The number of hydrogen-bond donors (Lipinski definition) is 0. The number of ketones is 1. The van der Waals surface area contributed by atoms with Crippen molar-refractivity contribution in [1.82, 2.24) is 0 Å². The van der Waals surface area contributed by atoms with Crippen LogP contribution in [-0.2, 0) is 0 Å². The number of fused-ring (bicyclic) bond motifs is 1. The van der Waals surface area contributed by atoms with Crippen LogP contribution in [0.3, 0.4) is 0 Å². The van der Waals surface area contributed by atoms with Gasteiger partial charge in [-0.25, -0.2) is 0 Å². The van der Waals surface area contributed by atoms with Crippen LogP contribution in [0.15, 0.2) is 36.4 Å². The van der Waals surface area contributed by atoms with Gasteiger partial charge < -0.3 is 5.21 Å². The number of nitrogens with zero attached hydrogens (tertiary/aromatic N) is 1. The normalized spacial score (nSPS) is 13.8. The fourth-order valence-electron chi connectivity index (χ4n) is 2.19. The van der Waals surface area contributed by atoms with E-state index in [4.69, 9.17) is 23.2 Å². The number of rotatable bonds is 1. The Balaban J connectivity index is 2.19. The van der Waals surface area contributed by atoms with Crippen LogP contribution in [0.1, 0.15) is 21.5 Å². The summed E-state index contributed by atoms with van der Waals surface area (Å²) >= 11 is 11.8. The average Bonchev–Trinajstić information content (AvgIpc) is 2.65. The van der Waals surface area contributed by atoms with E-state index in [1.165, 1.54) is 12.1 Å². The number of Topliss-reactive ketones (excluding diaryl/α,β-unsaturated/α-hetero) is 1. The molecule has 0 N–H and O–H groups in total. The molecular weight excluding hydrogens is 297 g/mol. The summed E-state index contributed by atoms with van der Waals surface area (Å²) < 4.78 is 0.616. The second kappa shape index (κ2) is 4.62. The Morgan fingerprint density at radius 1 is 1.05 bits per heavy atom. The minimum Gasteiger partial charge on any atom is -0.618 e. The Hall–Kier alpha value is -1.84. The molecule has 0 unspecified atom stereocenters. The zero-order valence-corrected chi connectivity index (χ0v) is 12.0. The third kappa shape index (κ3) is 1.90. The maximum atomic E-state index is 12.4. The summed E-state index contributed by atoms with van der Waals surface area (Å²) in [5, 5.41) is 12.8. The van der Waals surface area contributed by atoms with Crippen LogP contribution in [0.2, 0.25) is 10.0 Å². The van der Waals surface area contributed by atoms with Gasteiger partial charge in [-0.3, -0.25) is 4.79 Å². The lowest BCUT2D eigenvalue weighted by Gasteiger charge is -2.03. The monoisotopic (exact) mass is 305 g/mol. The van der Waals surface area contributed by atoms with Gasteiger partial charge in [0.1, 0.15) is 5.56 Å². The highest BCUT2D eigenvalue weighted by Crippen LogP contribution is 2.35. The minimum absolute atomic E-state index is 0.0957. The zero-order valence-electron chi connectivity index (χ0n) is 10.5. The lowest BCUT2D eigenvalue weighted by atomic mass is 10.0. The molecule has 0 amide bonds. The van der Waals surface area contributed by atoms with Crippen molar-refractivity contribution >= 4 is 40.4 Å². The van der Waals surface area contributed by atoms with Gasteiger partial charge in [-0.1, -0.05) is 40.9 Å². The Morgan fingerprint density at radius 3 is 2.30 bits per heavy atom. The predicted molar refractivity (Wildman–Crippen MR) is 79.4 cm³/mol. The van der Waals surface area contributed by atoms with E-state index in [-0.39, 0.29) is 32.8 Å². The SMILES string of the molecule is Cc1ccc(C2=[N+]([O-])c3cc(Cl)c(Cl)cc3C2=O)cc1.